The summed E-state index contributed by atoms with van der Waals surface area (Å²) in [6.45, 7) is 6.52. The minimum absolute atomic E-state index is 0.110. The number of hydrogen-bond acceptors (Lipinski definition) is 2. The zero-order valence-electron chi connectivity index (χ0n) is 14.8. The molecule has 24 heavy (non-hydrogen) atoms. The molecule has 126 valence electrons. The van der Waals surface area contributed by atoms with Crippen LogP contribution in [0, 0.1) is 40.9 Å². The van der Waals surface area contributed by atoms with Gasteiger partial charge in [0, 0.05) is 10.8 Å². The van der Waals surface area contributed by atoms with E-state index in [4.69, 9.17) is 6.42 Å². The SMILES string of the molecule is C#C[C@]1(O)[C@@H](C)C[C@H]2[C@@H]3CCC4=CC(=O)C=C[C@]4(C)C3=CC[C@@]21C. The Labute approximate surface area is 144 Å². The van der Waals surface area contributed by atoms with Crippen LogP contribution in [0.25, 0.3) is 0 Å². The Bertz CT molecular complexity index is 748. The van der Waals surface area contributed by atoms with E-state index >= 15 is 0 Å². The van der Waals surface area contributed by atoms with Crippen molar-refractivity contribution in [3.63, 3.8) is 0 Å². The lowest BCUT2D eigenvalue weighted by atomic mass is 9.51. The minimum atomic E-state index is -1.02. The van der Waals surface area contributed by atoms with Crippen LogP contribution in [0.15, 0.2) is 35.5 Å². The van der Waals surface area contributed by atoms with Gasteiger partial charge in [0.1, 0.15) is 5.60 Å². The van der Waals surface area contributed by atoms with E-state index in [-0.39, 0.29) is 22.5 Å². The Hall–Kier alpha value is -1.59. The van der Waals surface area contributed by atoms with Crippen molar-refractivity contribution in [3.05, 3.63) is 35.5 Å². The Kier molecular flexibility index (Phi) is 3.14. The molecular weight excluding hydrogens is 296 g/mol. The second-order valence-corrected chi connectivity index (χ2v) is 8.69. The van der Waals surface area contributed by atoms with E-state index in [1.54, 1.807) is 6.08 Å². The number of carbonyl (C=O) groups excluding carboxylic acids is 1. The van der Waals surface area contributed by atoms with Crippen molar-refractivity contribution in [2.45, 2.75) is 52.1 Å². The number of fused-ring (bicyclic) bond motifs is 5. The average molecular weight is 322 g/mol. The molecule has 0 spiro atoms. The van der Waals surface area contributed by atoms with Crippen LogP contribution in [0.2, 0.25) is 0 Å². The summed E-state index contributed by atoms with van der Waals surface area (Å²) in [6.07, 6.45) is 17.6. The first-order valence-electron chi connectivity index (χ1n) is 9.11. The van der Waals surface area contributed by atoms with Crippen LogP contribution < -0.4 is 0 Å². The van der Waals surface area contributed by atoms with Gasteiger partial charge < -0.3 is 5.11 Å². The maximum absolute atomic E-state index is 11.8. The Morgan fingerprint density at radius 2 is 2.12 bits per heavy atom. The monoisotopic (exact) mass is 322 g/mol. The topological polar surface area (TPSA) is 37.3 Å². The molecule has 4 aliphatic rings. The van der Waals surface area contributed by atoms with E-state index < -0.39 is 5.60 Å². The van der Waals surface area contributed by atoms with Crippen molar-refractivity contribution in [3.8, 4) is 12.3 Å². The molecule has 0 heterocycles. The quantitative estimate of drug-likeness (QED) is 0.544. The summed E-state index contributed by atoms with van der Waals surface area (Å²) in [7, 11) is 0. The highest BCUT2D eigenvalue weighted by Gasteiger charge is 2.63. The van der Waals surface area contributed by atoms with Gasteiger partial charge in [-0.15, -0.1) is 6.42 Å². The third-order valence-electron chi connectivity index (χ3n) is 7.75. The third-order valence-corrected chi connectivity index (χ3v) is 7.75. The fourth-order valence-electron chi connectivity index (χ4n) is 6.17. The molecule has 2 heteroatoms. The molecule has 0 aliphatic heterocycles. The molecule has 0 aromatic heterocycles. The number of ketones is 1. The van der Waals surface area contributed by atoms with Gasteiger partial charge in [-0.1, -0.05) is 43.1 Å². The third kappa shape index (κ3) is 1.69. The van der Waals surface area contributed by atoms with E-state index in [1.165, 1.54) is 11.1 Å². The molecule has 2 saturated carbocycles. The summed E-state index contributed by atoms with van der Waals surface area (Å²) in [5.74, 6) is 3.85. The van der Waals surface area contributed by atoms with Crippen molar-refractivity contribution in [1.29, 1.82) is 0 Å². The van der Waals surface area contributed by atoms with Gasteiger partial charge in [0.2, 0.25) is 0 Å². The van der Waals surface area contributed by atoms with Gasteiger partial charge in [-0.25, -0.2) is 0 Å². The van der Waals surface area contributed by atoms with Gasteiger partial charge in [0.25, 0.3) is 0 Å². The largest absolute Gasteiger partial charge is 0.377 e. The highest BCUT2D eigenvalue weighted by molar-refractivity contribution is 6.01. The highest BCUT2D eigenvalue weighted by atomic mass is 16.3. The van der Waals surface area contributed by atoms with Crippen molar-refractivity contribution in [2.75, 3.05) is 0 Å². The lowest BCUT2D eigenvalue weighted by Crippen LogP contribution is -2.51. The summed E-state index contributed by atoms with van der Waals surface area (Å²) in [4.78, 5) is 11.8. The molecule has 0 aromatic carbocycles. The second-order valence-electron chi connectivity index (χ2n) is 8.69. The van der Waals surface area contributed by atoms with Gasteiger partial charge in [-0.05, 0) is 62.5 Å². The van der Waals surface area contributed by atoms with Crippen LogP contribution in [-0.2, 0) is 4.79 Å². The molecule has 2 fully saturated rings. The summed E-state index contributed by atoms with van der Waals surface area (Å²) < 4.78 is 0. The lowest BCUT2D eigenvalue weighted by molar-refractivity contribution is -0.110. The average Bonchev–Trinajstić information content (AvgIpc) is 2.76. The molecule has 0 bridgehead atoms. The van der Waals surface area contributed by atoms with E-state index in [1.807, 2.05) is 6.08 Å². The fraction of sp³-hybridized carbons (Fsp3) is 0.591. The van der Waals surface area contributed by atoms with E-state index in [0.29, 0.717) is 11.8 Å². The number of allylic oxidation sites excluding steroid dienone is 6. The van der Waals surface area contributed by atoms with E-state index in [9.17, 15) is 9.90 Å². The number of carbonyl (C=O) groups is 1. The minimum Gasteiger partial charge on any atom is -0.377 e. The fourth-order valence-corrected chi connectivity index (χ4v) is 6.17. The summed E-state index contributed by atoms with van der Waals surface area (Å²) >= 11 is 0. The Morgan fingerprint density at radius 1 is 1.38 bits per heavy atom. The van der Waals surface area contributed by atoms with Crippen LogP contribution in [0.5, 0.6) is 0 Å². The molecule has 4 rings (SSSR count). The Morgan fingerprint density at radius 3 is 2.83 bits per heavy atom. The maximum Gasteiger partial charge on any atom is 0.178 e. The van der Waals surface area contributed by atoms with E-state index in [0.717, 1.165) is 25.7 Å². The highest BCUT2D eigenvalue weighted by Crippen LogP contribution is 2.66. The summed E-state index contributed by atoms with van der Waals surface area (Å²) in [6, 6.07) is 0. The summed E-state index contributed by atoms with van der Waals surface area (Å²) in [5.41, 5.74) is 1.30. The van der Waals surface area contributed by atoms with Crippen LogP contribution >= 0.6 is 0 Å². The molecule has 4 aliphatic carbocycles. The molecular formula is C22H26O2. The van der Waals surface area contributed by atoms with Crippen molar-refractivity contribution in [2.24, 2.45) is 28.6 Å². The molecule has 6 atom stereocenters. The molecule has 0 radical (unpaired) electrons. The molecule has 0 unspecified atom stereocenters. The maximum atomic E-state index is 11.8. The number of rotatable bonds is 0. The first-order chi connectivity index (χ1) is 11.3. The zero-order valence-corrected chi connectivity index (χ0v) is 14.8. The van der Waals surface area contributed by atoms with Crippen LogP contribution in [-0.4, -0.2) is 16.5 Å². The second kappa shape index (κ2) is 4.73. The Balaban J connectivity index is 1.81. The number of aliphatic hydroxyl groups is 1. The van der Waals surface area contributed by atoms with Crippen LogP contribution in [0.4, 0.5) is 0 Å². The lowest BCUT2D eigenvalue weighted by Gasteiger charge is -2.53. The normalized spacial score (nSPS) is 49.5. The molecule has 0 saturated heterocycles. The van der Waals surface area contributed by atoms with Gasteiger partial charge in [0.05, 0.1) is 0 Å². The number of terminal acetylenes is 1. The first kappa shape index (κ1) is 15.9. The van der Waals surface area contributed by atoms with Crippen molar-refractivity contribution < 1.29 is 9.90 Å². The summed E-state index contributed by atoms with van der Waals surface area (Å²) in [5, 5.41) is 11.2. The number of hydrogen-bond donors (Lipinski definition) is 1. The molecule has 0 amide bonds. The predicted octanol–water partition coefficient (Wildman–Crippen LogP) is 3.82. The molecule has 0 aromatic rings. The zero-order chi connectivity index (χ0) is 17.3. The van der Waals surface area contributed by atoms with Crippen LogP contribution in [0.1, 0.15) is 46.5 Å². The van der Waals surface area contributed by atoms with Gasteiger partial charge in [-0.2, -0.15) is 0 Å². The molecule has 1 N–H and O–H groups in total. The van der Waals surface area contributed by atoms with Gasteiger partial charge >= 0.3 is 0 Å². The van der Waals surface area contributed by atoms with Crippen molar-refractivity contribution >= 4 is 5.78 Å². The first-order valence-corrected chi connectivity index (χ1v) is 9.11. The van der Waals surface area contributed by atoms with E-state index in [2.05, 4.69) is 38.8 Å². The smallest absolute Gasteiger partial charge is 0.178 e. The predicted molar refractivity (Wildman–Crippen MR) is 94.9 cm³/mol. The standard InChI is InChI=1S/C22H26O2/c1-5-22(24)14(2)12-19-17-7-6-15-13-16(23)8-10-20(15,3)18(17)9-11-21(19,22)4/h1,8-10,13-14,17,19,24H,6-7,11-12H2,2-4H3/t14-,17+,19-,20-,21-,22-/m0/s1. The molecule has 2 nitrogen and oxygen atoms in total. The van der Waals surface area contributed by atoms with Crippen LogP contribution in [0.3, 0.4) is 0 Å². The van der Waals surface area contributed by atoms with Gasteiger partial charge in [-0.3, -0.25) is 4.79 Å². The van der Waals surface area contributed by atoms with Crippen molar-refractivity contribution in [1.82, 2.24) is 0 Å². The van der Waals surface area contributed by atoms with Gasteiger partial charge in [0.15, 0.2) is 5.78 Å².